The molecule has 0 unspecified atom stereocenters. The molecule has 3 aromatic carbocycles. The standard InChI is InChI=1S/C37H32O8/c1-21(2)34(38)42-29-16-11-26(12-17-29)10-13-28-20-31(44-36(40)23(5)6)32(25(9)33(28)45-37(41)24(7)8)27-14-18-30(19-15-27)43-35(39)22(3)4/h11-12,14-20H,1,3,5,7H2,2,4,6,8-9H3. The lowest BCUT2D eigenvalue weighted by Gasteiger charge is -2.18. The molecule has 8 nitrogen and oxygen atoms in total. The lowest BCUT2D eigenvalue weighted by atomic mass is 9.95. The van der Waals surface area contributed by atoms with Crippen LogP contribution in [0.15, 0.2) is 103 Å². The number of hydrogen-bond acceptors (Lipinski definition) is 8. The minimum atomic E-state index is -0.676. The Morgan fingerprint density at radius 3 is 1.47 bits per heavy atom. The summed E-state index contributed by atoms with van der Waals surface area (Å²) in [5, 5.41) is 0. The van der Waals surface area contributed by atoms with Gasteiger partial charge in [0, 0.05) is 45.0 Å². The van der Waals surface area contributed by atoms with Crippen LogP contribution in [0, 0.1) is 18.8 Å². The Balaban J connectivity index is 2.17. The molecule has 0 amide bonds. The second-order valence-electron chi connectivity index (χ2n) is 10.2. The summed E-state index contributed by atoms with van der Waals surface area (Å²) in [5.41, 5.74) is 3.08. The van der Waals surface area contributed by atoms with Crippen LogP contribution < -0.4 is 18.9 Å². The summed E-state index contributed by atoms with van der Waals surface area (Å²) in [4.78, 5) is 49.2. The Morgan fingerprint density at radius 2 is 1.00 bits per heavy atom. The molecule has 0 aromatic heterocycles. The molecule has 8 heteroatoms. The largest absolute Gasteiger partial charge is 0.423 e. The van der Waals surface area contributed by atoms with Gasteiger partial charge in [-0.3, -0.25) is 0 Å². The van der Waals surface area contributed by atoms with E-state index in [1.807, 2.05) is 0 Å². The highest BCUT2D eigenvalue weighted by Gasteiger charge is 2.23. The van der Waals surface area contributed by atoms with Crippen molar-refractivity contribution in [3.8, 4) is 46.0 Å². The molecule has 0 fully saturated rings. The smallest absolute Gasteiger partial charge is 0.338 e. The predicted molar refractivity (Wildman–Crippen MR) is 171 cm³/mol. The number of rotatable bonds is 9. The molecule has 0 saturated heterocycles. The summed E-state index contributed by atoms with van der Waals surface area (Å²) in [6, 6.07) is 14.4. The molecule has 0 saturated carbocycles. The van der Waals surface area contributed by atoms with E-state index in [1.165, 1.54) is 26.8 Å². The van der Waals surface area contributed by atoms with E-state index in [-0.39, 0.29) is 45.1 Å². The molecule has 0 atom stereocenters. The fourth-order valence-electron chi connectivity index (χ4n) is 3.62. The number of hydrogen-bond donors (Lipinski definition) is 0. The van der Waals surface area contributed by atoms with Crippen LogP contribution in [0.4, 0.5) is 0 Å². The molecule has 228 valence electrons. The SMILES string of the molecule is C=C(C)C(=O)Oc1ccc(C#Cc2cc(OC(=O)C(=C)C)c(-c3ccc(OC(=O)C(=C)C)cc3)c(C)c2OC(=O)C(=C)C)cc1. The number of esters is 4. The summed E-state index contributed by atoms with van der Waals surface area (Å²) < 4.78 is 22.0. The van der Waals surface area contributed by atoms with Crippen molar-refractivity contribution in [2.24, 2.45) is 0 Å². The first kappa shape index (κ1) is 33.6. The molecule has 0 bridgehead atoms. The number of carbonyl (C=O) groups is 4. The van der Waals surface area contributed by atoms with Gasteiger partial charge in [0.15, 0.2) is 5.75 Å². The van der Waals surface area contributed by atoms with Crippen LogP contribution in [0.25, 0.3) is 11.1 Å². The van der Waals surface area contributed by atoms with E-state index in [2.05, 4.69) is 38.2 Å². The van der Waals surface area contributed by atoms with Crippen LogP contribution >= 0.6 is 0 Å². The summed E-state index contributed by atoms with van der Waals surface area (Å²) in [6.07, 6.45) is 0. The third-order valence-corrected chi connectivity index (χ3v) is 6.03. The van der Waals surface area contributed by atoms with Crippen LogP contribution in [-0.2, 0) is 19.2 Å². The maximum absolute atomic E-state index is 12.7. The Morgan fingerprint density at radius 1 is 0.578 bits per heavy atom. The highest BCUT2D eigenvalue weighted by atomic mass is 16.5. The quantitative estimate of drug-likeness (QED) is 0.111. The van der Waals surface area contributed by atoms with Gasteiger partial charge in [-0.15, -0.1) is 0 Å². The lowest BCUT2D eigenvalue weighted by Crippen LogP contribution is -2.13. The fourth-order valence-corrected chi connectivity index (χ4v) is 3.62. The second-order valence-corrected chi connectivity index (χ2v) is 10.2. The van der Waals surface area contributed by atoms with Gasteiger partial charge in [-0.25, -0.2) is 19.2 Å². The van der Waals surface area contributed by atoms with Crippen molar-refractivity contribution in [1.82, 2.24) is 0 Å². The van der Waals surface area contributed by atoms with Gasteiger partial charge in [0.05, 0.1) is 5.56 Å². The van der Waals surface area contributed by atoms with Crippen molar-refractivity contribution in [3.63, 3.8) is 0 Å². The zero-order chi connectivity index (χ0) is 33.4. The molecule has 3 rings (SSSR count). The van der Waals surface area contributed by atoms with Gasteiger partial charge >= 0.3 is 23.9 Å². The van der Waals surface area contributed by atoms with Gasteiger partial charge in [0.2, 0.25) is 0 Å². The monoisotopic (exact) mass is 604 g/mol. The van der Waals surface area contributed by atoms with Crippen LogP contribution in [0.5, 0.6) is 23.0 Å². The van der Waals surface area contributed by atoms with Gasteiger partial charge in [-0.05, 0) is 76.6 Å². The lowest BCUT2D eigenvalue weighted by molar-refractivity contribution is -0.131. The number of ether oxygens (including phenoxy) is 4. The first-order valence-electron chi connectivity index (χ1n) is 13.6. The van der Waals surface area contributed by atoms with Gasteiger partial charge in [0.25, 0.3) is 0 Å². The highest BCUT2D eigenvalue weighted by Crippen LogP contribution is 2.42. The molecular weight excluding hydrogens is 572 g/mol. The molecule has 0 aliphatic rings. The van der Waals surface area contributed by atoms with Crippen molar-refractivity contribution in [2.45, 2.75) is 34.6 Å². The summed E-state index contributed by atoms with van der Waals surface area (Å²) >= 11 is 0. The van der Waals surface area contributed by atoms with E-state index in [9.17, 15) is 19.2 Å². The first-order chi connectivity index (χ1) is 21.2. The van der Waals surface area contributed by atoms with E-state index >= 15 is 0 Å². The second kappa shape index (κ2) is 14.5. The average Bonchev–Trinajstić information content (AvgIpc) is 2.98. The molecule has 3 aromatic rings. The minimum Gasteiger partial charge on any atom is -0.423 e. The topological polar surface area (TPSA) is 105 Å². The Kier molecular flexibility index (Phi) is 10.8. The molecule has 45 heavy (non-hydrogen) atoms. The molecule has 0 heterocycles. The summed E-state index contributed by atoms with van der Waals surface area (Å²) in [7, 11) is 0. The predicted octanol–water partition coefficient (Wildman–Crippen LogP) is 6.99. The van der Waals surface area contributed by atoms with E-state index in [0.717, 1.165) is 0 Å². The number of carbonyl (C=O) groups excluding carboxylic acids is 4. The molecular formula is C37H32O8. The van der Waals surface area contributed by atoms with Gasteiger partial charge < -0.3 is 18.9 Å². The zero-order valence-electron chi connectivity index (χ0n) is 25.8. The molecule has 0 aliphatic heterocycles. The van der Waals surface area contributed by atoms with Crippen LogP contribution in [0.3, 0.4) is 0 Å². The van der Waals surface area contributed by atoms with E-state index in [4.69, 9.17) is 18.9 Å². The molecule has 0 radical (unpaired) electrons. The van der Waals surface area contributed by atoms with E-state index in [0.29, 0.717) is 28.0 Å². The van der Waals surface area contributed by atoms with Crippen LogP contribution in [-0.4, -0.2) is 23.9 Å². The zero-order valence-corrected chi connectivity index (χ0v) is 25.8. The van der Waals surface area contributed by atoms with Gasteiger partial charge in [-0.1, -0.05) is 50.3 Å². The number of benzene rings is 3. The third-order valence-electron chi connectivity index (χ3n) is 6.03. The summed E-state index contributed by atoms with van der Waals surface area (Å²) in [5.74, 6) is 4.38. The van der Waals surface area contributed by atoms with Crippen molar-refractivity contribution < 1.29 is 38.1 Å². The maximum atomic E-state index is 12.7. The summed E-state index contributed by atoms with van der Waals surface area (Å²) in [6.45, 7) is 22.3. The van der Waals surface area contributed by atoms with Crippen LogP contribution in [0.2, 0.25) is 0 Å². The molecule has 0 aliphatic carbocycles. The van der Waals surface area contributed by atoms with Crippen molar-refractivity contribution >= 4 is 23.9 Å². The molecule has 0 spiro atoms. The molecule has 0 N–H and O–H groups in total. The van der Waals surface area contributed by atoms with Crippen molar-refractivity contribution in [1.29, 1.82) is 0 Å². The fraction of sp³-hybridized carbons (Fsp3) is 0.135. The normalized spacial score (nSPS) is 9.98. The van der Waals surface area contributed by atoms with Crippen LogP contribution in [0.1, 0.15) is 44.4 Å². The van der Waals surface area contributed by atoms with Gasteiger partial charge in [0.1, 0.15) is 17.2 Å². The van der Waals surface area contributed by atoms with Gasteiger partial charge in [-0.2, -0.15) is 0 Å². The Bertz CT molecular complexity index is 1810. The maximum Gasteiger partial charge on any atom is 0.338 e. The van der Waals surface area contributed by atoms with E-state index in [1.54, 1.807) is 62.4 Å². The first-order valence-corrected chi connectivity index (χ1v) is 13.6. The average molecular weight is 605 g/mol. The Hall–Kier alpha value is -5.94. The highest BCUT2D eigenvalue weighted by molar-refractivity contribution is 5.93. The third kappa shape index (κ3) is 8.78. The van der Waals surface area contributed by atoms with Crippen molar-refractivity contribution in [2.75, 3.05) is 0 Å². The van der Waals surface area contributed by atoms with Crippen molar-refractivity contribution in [3.05, 3.63) is 120 Å². The Labute approximate surface area is 262 Å². The van der Waals surface area contributed by atoms with E-state index < -0.39 is 23.9 Å². The minimum absolute atomic E-state index is 0.130.